The number of carboxylic acid groups (broad SMARTS) is 1. The minimum absolute atomic E-state index is 0.00566. The van der Waals surface area contributed by atoms with Gasteiger partial charge in [0.05, 0.1) is 5.92 Å². The molecule has 0 aliphatic heterocycles. The molecule has 7 heteroatoms. The second-order valence-electron chi connectivity index (χ2n) is 8.84. The zero-order valence-electron chi connectivity index (χ0n) is 19.0. The number of rotatable bonds is 8. The lowest BCUT2D eigenvalue weighted by atomic mass is 9.79. The van der Waals surface area contributed by atoms with Crippen molar-refractivity contribution in [1.29, 1.82) is 0 Å². The normalized spacial score (nSPS) is 19.3. The van der Waals surface area contributed by atoms with E-state index in [-0.39, 0.29) is 30.9 Å². The molecule has 3 N–H and O–H groups in total. The zero-order valence-corrected chi connectivity index (χ0v) is 19.0. The predicted molar refractivity (Wildman–Crippen MR) is 128 cm³/mol. The average Bonchev–Trinajstić information content (AvgIpc) is 3.18. The van der Waals surface area contributed by atoms with E-state index in [1.807, 2.05) is 24.3 Å². The van der Waals surface area contributed by atoms with Gasteiger partial charge < -0.3 is 20.5 Å². The quantitative estimate of drug-likeness (QED) is 0.513. The Balaban J connectivity index is 1.20. The maximum Gasteiger partial charge on any atom is 0.407 e. The molecule has 2 aliphatic carbocycles. The molecular weight excluding hydrogens is 432 g/mol. The number of hydrogen-bond acceptors (Lipinski definition) is 4. The summed E-state index contributed by atoms with van der Waals surface area (Å²) < 4.78 is 5.47. The number of carbonyl (C=O) groups is 3. The predicted octanol–water partition coefficient (Wildman–Crippen LogP) is 4.09. The highest BCUT2D eigenvalue weighted by Gasteiger charge is 2.31. The molecule has 34 heavy (non-hydrogen) atoms. The second kappa shape index (κ2) is 11.0. The summed E-state index contributed by atoms with van der Waals surface area (Å²) in [5.74, 6) is -1.53. The molecule has 2 atom stereocenters. The van der Waals surface area contributed by atoms with Crippen LogP contribution in [0.5, 0.6) is 0 Å². The summed E-state index contributed by atoms with van der Waals surface area (Å²) >= 11 is 0. The van der Waals surface area contributed by atoms with Gasteiger partial charge in [0.1, 0.15) is 6.61 Å². The van der Waals surface area contributed by atoms with Gasteiger partial charge >= 0.3 is 12.1 Å². The first-order valence-corrected chi connectivity index (χ1v) is 11.8. The largest absolute Gasteiger partial charge is 0.481 e. The average molecular weight is 463 g/mol. The van der Waals surface area contributed by atoms with Crippen LogP contribution in [0.3, 0.4) is 0 Å². The van der Waals surface area contributed by atoms with Crippen LogP contribution in [-0.2, 0) is 14.3 Å². The van der Waals surface area contributed by atoms with Crippen molar-refractivity contribution in [3.63, 3.8) is 0 Å². The summed E-state index contributed by atoms with van der Waals surface area (Å²) in [4.78, 5) is 35.6. The smallest absolute Gasteiger partial charge is 0.407 e. The fourth-order valence-corrected chi connectivity index (χ4v) is 5.03. The lowest BCUT2D eigenvalue weighted by molar-refractivity contribution is -0.145. The van der Waals surface area contributed by atoms with E-state index < -0.39 is 18.0 Å². The van der Waals surface area contributed by atoms with Gasteiger partial charge in [-0.25, -0.2) is 4.79 Å². The summed E-state index contributed by atoms with van der Waals surface area (Å²) in [6.07, 6.45) is 5.74. The molecule has 7 nitrogen and oxygen atoms in total. The summed E-state index contributed by atoms with van der Waals surface area (Å²) in [7, 11) is 0. The van der Waals surface area contributed by atoms with Crippen LogP contribution in [0.1, 0.15) is 42.7 Å². The molecule has 2 amide bonds. The maximum atomic E-state index is 12.2. The minimum atomic E-state index is -0.790. The van der Waals surface area contributed by atoms with Gasteiger partial charge in [0.25, 0.3) is 0 Å². The Morgan fingerprint density at radius 1 is 0.941 bits per heavy atom. The van der Waals surface area contributed by atoms with Gasteiger partial charge in [-0.2, -0.15) is 0 Å². The third-order valence-electron chi connectivity index (χ3n) is 6.74. The van der Waals surface area contributed by atoms with E-state index in [1.54, 1.807) is 6.08 Å². The first-order chi connectivity index (χ1) is 16.5. The Hall–Kier alpha value is -3.61. The van der Waals surface area contributed by atoms with Crippen LogP contribution in [0, 0.1) is 11.8 Å². The van der Waals surface area contributed by atoms with E-state index in [0.717, 1.165) is 30.4 Å². The number of fused-ring (bicyclic) bond motifs is 3. The number of amides is 2. The van der Waals surface area contributed by atoms with Crippen LogP contribution >= 0.6 is 0 Å². The molecular formula is C27H30N2O5. The molecule has 0 spiro atoms. The number of aliphatic carboxylic acids is 1. The van der Waals surface area contributed by atoms with E-state index in [4.69, 9.17) is 4.74 Å². The number of hydrogen-bond donors (Lipinski definition) is 3. The summed E-state index contributed by atoms with van der Waals surface area (Å²) in [6.45, 7) is 0.738. The van der Waals surface area contributed by atoms with Gasteiger partial charge in [0.2, 0.25) is 5.91 Å². The van der Waals surface area contributed by atoms with Crippen LogP contribution in [0.2, 0.25) is 0 Å². The molecule has 2 unspecified atom stereocenters. The summed E-state index contributed by atoms with van der Waals surface area (Å²) in [5.41, 5.74) is 4.64. The molecule has 2 aromatic rings. The second-order valence-corrected chi connectivity index (χ2v) is 8.84. The van der Waals surface area contributed by atoms with E-state index in [9.17, 15) is 19.5 Å². The Morgan fingerprint density at radius 2 is 1.59 bits per heavy atom. The molecule has 4 rings (SSSR count). The Bertz CT molecular complexity index is 1030. The standard InChI is InChI=1S/C27H30N2O5/c30-25(29-16-18-8-1-2-9-19(18)26(31)32)14-7-15-28-27(33)34-17-24-22-12-5-3-10-20(22)21-11-4-6-13-23(21)24/h3-7,10-14,18-19,24H,1-2,8-9,15-17H2,(H,28,33)(H,29,30)(H,31,32)/b14-7+. The first kappa shape index (κ1) is 23.5. The summed E-state index contributed by atoms with van der Waals surface area (Å²) in [5, 5.41) is 14.7. The van der Waals surface area contributed by atoms with E-state index >= 15 is 0 Å². The van der Waals surface area contributed by atoms with Gasteiger partial charge in [-0.05, 0) is 41.0 Å². The highest BCUT2D eigenvalue weighted by atomic mass is 16.5. The molecule has 0 radical (unpaired) electrons. The molecule has 0 aromatic heterocycles. The lowest BCUT2D eigenvalue weighted by Gasteiger charge is -2.28. The van der Waals surface area contributed by atoms with Gasteiger partial charge in [-0.3, -0.25) is 9.59 Å². The van der Waals surface area contributed by atoms with Gasteiger partial charge in [-0.1, -0.05) is 67.4 Å². The molecule has 0 heterocycles. The van der Waals surface area contributed by atoms with Gasteiger partial charge in [0, 0.05) is 25.1 Å². The topological polar surface area (TPSA) is 105 Å². The number of ether oxygens (including phenoxy) is 1. The van der Waals surface area contributed by atoms with Crippen LogP contribution < -0.4 is 10.6 Å². The van der Waals surface area contributed by atoms with Crippen molar-refractivity contribution < 1.29 is 24.2 Å². The van der Waals surface area contributed by atoms with Crippen LogP contribution in [0.25, 0.3) is 11.1 Å². The molecule has 1 fully saturated rings. The molecule has 0 bridgehead atoms. The van der Waals surface area contributed by atoms with Crippen molar-refractivity contribution in [1.82, 2.24) is 10.6 Å². The van der Waals surface area contributed by atoms with Crippen molar-refractivity contribution >= 4 is 18.0 Å². The molecule has 2 aromatic carbocycles. The lowest BCUT2D eigenvalue weighted by Crippen LogP contribution is -2.36. The Kier molecular flexibility index (Phi) is 7.62. The Labute approximate surface area is 199 Å². The summed E-state index contributed by atoms with van der Waals surface area (Å²) in [6, 6.07) is 16.3. The molecule has 2 aliphatic rings. The third-order valence-corrected chi connectivity index (χ3v) is 6.74. The van der Waals surface area contributed by atoms with Crippen LogP contribution in [0.15, 0.2) is 60.7 Å². The highest BCUT2D eigenvalue weighted by molar-refractivity contribution is 5.87. The van der Waals surface area contributed by atoms with Gasteiger partial charge in [0.15, 0.2) is 0 Å². The SMILES string of the molecule is O=C(/C=C/CNC(=O)OCC1c2ccccc2-c2ccccc21)NCC1CCCCC1C(=O)O. The number of alkyl carbamates (subject to hydrolysis) is 1. The third kappa shape index (κ3) is 5.47. The minimum Gasteiger partial charge on any atom is -0.481 e. The zero-order chi connectivity index (χ0) is 23.9. The highest BCUT2D eigenvalue weighted by Crippen LogP contribution is 2.44. The molecule has 0 saturated heterocycles. The number of carbonyl (C=O) groups excluding carboxylic acids is 2. The van der Waals surface area contributed by atoms with Gasteiger partial charge in [-0.15, -0.1) is 0 Å². The first-order valence-electron chi connectivity index (χ1n) is 11.8. The van der Waals surface area contributed by atoms with Crippen molar-refractivity contribution in [2.75, 3.05) is 19.7 Å². The fraction of sp³-hybridized carbons (Fsp3) is 0.370. The van der Waals surface area contributed by atoms with E-state index in [2.05, 4.69) is 34.9 Å². The van der Waals surface area contributed by atoms with Crippen molar-refractivity contribution in [2.24, 2.45) is 11.8 Å². The molecule has 1 saturated carbocycles. The number of carboxylic acids is 1. The van der Waals surface area contributed by atoms with Crippen LogP contribution in [0.4, 0.5) is 4.79 Å². The van der Waals surface area contributed by atoms with Crippen molar-refractivity contribution in [3.05, 3.63) is 71.8 Å². The van der Waals surface area contributed by atoms with Crippen LogP contribution in [-0.4, -0.2) is 42.8 Å². The monoisotopic (exact) mass is 462 g/mol. The van der Waals surface area contributed by atoms with E-state index in [0.29, 0.717) is 13.0 Å². The van der Waals surface area contributed by atoms with Crippen molar-refractivity contribution in [2.45, 2.75) is 31.6 Å². The Morgan fingerprint density at radius 3 is 2.26 bits per heavy atom. The number of benzene rings is 2. The van der Waals surface area contributed by atoms with E-state index in [1.165, 1.54) is 17.2 Å². The molecule has 178 valence electrons. The maximum absolute atomic E-state index is 12.2. The fourth-order valence-electron chi connectivity index (χ4n) is 5.03. The van der Waals surface area contributed by atoms with Crippen molar-refractivity contribution in [3.8, 4) is 11.1 Å². The number of nitrogens with one attached hydrogen (secondary N) is 2.